The van der Waals surface area contributed by atoms with Crippen molar-refractivity contribution in [2.24, 2.45) is 0 Å². The summed E-state index contributed by atoms with van der Waals surface area (Å²) in [6.07, 6.45) is 69.8. The molecule has 0 aromatic carbocycles. The third kappa shape index (κ3) is 56.0. The predicted molar refractivity (Wildman–Crippen MR) is 301 cm³/mol. The van der Waals surface area contributed by atoms with E-state index in [1.54, 1.807) is 0 Å². The molecule has 0 fully saturated rings. The van der Waals surface area contributed by atoms with Crippen LogP contribution in [0.3, 0.4) is 0 Å². The average molecular weight is 977 g/mol. The van der Waals surface area contributed by atoms with Gasteiger partial charge in [-0.05, 0) is 25.7 Å². The van der Waals surface area contributed by atoms with Crippen LogP contribution in [-0.4, -0.2) is 47.4 Å². The summed E-state index contributed by atoms with van der Waals surface area (Å²) in [5.41, 5.74) is 0. The van der Waals surface area contributed by atoms with Gasteiger partial charge in [0.1, 0.15) is 0 Å². The van der Waals surface area contributed by atoms with Crippen LogP contribution in [0.1, 0.15) is 367 Å². The number of ether oxygens (including phenoxy) is 1. The highest BCUT2D eigenvalue weighted by atomic mass is 16.5. The Kier molecular flexibility index (Phi) is 58.4. The number of carbonyl (C=O) groups excluding carboxylic acids is 2. The van der Waals surface area contributed by atoms with Gasteiger partial charge in [0.2, 0.25) is 5.91 Å². The Bertz CT molecular complexity index is 990. The Morgan fingerprint density at radius 3 is 0.884 bits per heavy atom. The van der Waals surface area contributed by atoms with Crippen LogP contribution in [0.4, 0.5) is 0 Å². The quantitative estimate of drug-likeness (QED) is 0.0417. The molecule has 412 valence electrons. The molecule has 6 nitrogen and oxygen atoms in total. The van der Waals surface area contributed by atoms with Gasteiger partial charge in [-0.25, -0.2) is 0 Å². The number of unbranched alkanes of at least 4 members (excludes halogenated alkanes) is 49. The molecule has 0 radical (unpaired) electrons. The van der Waals surface area contributed by atoms with Crippen molar-refractivity contribution in [3.63, 3.8) is 0 Å². The second kappa shape index (κ2) is 59.4. The van der Waals surface area contributed by atoms with E-state index in [-0.39, 0.29) is 18.5 Å². The fourth-order valence-corrected chi connectivity index (χ4v) is 10.3. The van der Waals surface area contributed by atoms with Crippen LogP contribution in [0.15, 0.2) is 0 Å². The van der Waals surface area contributed by atoms with E-state index < -0.39 is 12.1 Å². The highest BCUT2D eigenvalue weighted by Crippen LogP contribution is 2.19. The van der Waals surface area contributed by atoms with Gasteiger partial charge >= 0.3 is 5.97 Å². The minimum Gasteiger partial charge on any atom is -0.466 e. The van der Waals surface area contributed by atoms with Crippen LogP contribution in [0.5, 0.6) is 0 Å². The van der Waals surface area contributed by atoms with Gasteiger partial charge < -0.3 is 20.3 Å². The monoisotopic (exact) mass is 976 g/mol. The predicted octanol–water partition coefficient (Wildman–Crippen LogP) is 19.9. The van der Waals surface area contributed by atoms with E-state index in [4.69, 9.17) is 4.74 Å². The van der Waals surface area contributed by atoms with Gasteiger partial charge in [0.15, 0.2) is 0 Å². The van der Waals surface area contributed by atoms with Crippen LogP contribution >= 0.6 is 0 Å². The molecular formula is C63H125NO5. The number of hydrogen-bond donors (Lipinski definition) is 3. The van der Waals surface area contributed by atoms with Gasteiger partial charge in [0, 0.05) is 12.8 Å². The fraction of sp³-hybridized carbons (Fsp3) is 0.968. The summed E-state index contributed by atoms with van der Waals surface area (Å²) in [6.45, 7) is 4.98. The average Bonchev–Trinajstić information content (AvgIpc) is 3.35. The summed E-state index contributed by atoms with van der Waals surface area (Å²) in [7, 11) is 0. The van der Waals surface area contributed by atoms with Crippen molar-refractivity contribution in [1.29, 1.82) is 0 Å². The highest BCUT2D eigenvalue weighted by Gasteiger charge is 2.20. The van der Waals surface area contributed by atoms with Gasteiger partial charge in [-0.15, -0.1) is 0 Å². The van der Waals surface area contributed by atoms with Gasteiger partial charge in [-0.3, -0.25) is 9.59 Å². The molecule has 6 heteroatoms. The largest absolute Gasteiger partial charge is 0.466 e. The highest BCUT2D eigenvalue weighted by molar-refractivity contribution is 5.76. The molecule has 0 aromatic rings. The van der Waals surface area contributed by atoms with Crippen molar-refractivity contribution in [2.45, 2.75) is 379 Å². The van der Waals surface area contributed by atoms with Crippen LogP contribution in [0.2, 0.25) is 0 Å². The van der Waals surface area contributed by atoms with E-state index in [9.17, 15) is 19.8 Å². The third-order valence-electron chi connectivity index (χ3n) is 15.2. The number of amides is 1. The standard InChI is InChI=1S/C63H125NO5/c1-3-5-7-9-11-13-15-16-17-26-30-33-37-41-45-49-53-57-63(68)69-58-54-50-46-42-38-34-31-28-25-23-21-19-18-20-22-24-27-29-32-36-40-44-48-52-56-62(67)64-60(59-65)61(66)55-51-47-43-39-35-14-12-10-8-6-4-2/h60-61,65-66H,3-59H2,1-2H3,(H,64,67). The third-order valence-corrected chi connectivity index (χ3v) is 15.2. The molecular weight excluding hydrogens is 851 g/mol. The molecule has 0 saturated heterocycles. The molecule has 69 heavy (non-hydrogen) atoms. The molecule has 0 saturated carbocycles. The topological polar surface area (TPSA) is 95.9 Å². The number of carbonyl (C=O) groups is 2. The second-order valence-electron chi connectivity index (χ2n) is 22.1. The Labute approximate surface area is 432 Å². The maximum atomic E-state index is 12.4. The molecule has 0 aromatic heterocycles. The van der Waals surface area contributed by atoms with Gasteiger partial charge in [-0.1, -0.05) is 328 Å². The van der Waals surface area contributed by atoms with Crippen molar-refractivity contribution >= 4 is 11.9 Å². The first kappa shape index (κ1) is 67.9. The number of esters is 1. The lowest BCUT2D eigenvalue weighted by molar-refractivity contribution is -0.143. The van der Waals surface area contributed by atoms with Crippen LogP contribution in [0.25, 0.3) is 0 Å². The summed E-state index contributed by atoms with van der Waals surface area (Å²) < 4.78 is 5.50. The van der Waals surface area contributed by atoms with E-state index >= 15 is 0 Å². The van der Waals surface area contributed by atoms with E-state index in [1.165, 1.54) is 295 Å². The van der Waals surface area contributed by atoms with Crippen molar-refractivity contribution < 1.29 is 24.5 Å². The lowest BCUT2D eigenvalue weighted by Gasteiger charge is -2.22. The summed E-state index contributed by atoms with van der Waals surface area (Å²) in [5.74, 6) is -0.0123. The molecule has 1 amide bonds. The SMILES string of the molecule is CCCCCCCCCCCCCCCCCCCC(=O)OCCCCCCCCCCCCCCCCCCCCCCCCCCC(=O)NC(CO)C(O)CCCCCCCCCCCCC. The Morgan fingerprint density at radius 1 is 0.348 bits per heavy atom. The second-order valence-corrected chi connectivity index (χ2v) is 22.1. The number of nitrogens with one attached hydrogen (secondary N) is 1. The zero-order chi connectivity index (χ0) is 50.0. The van der Waals surface area contributed by atoms with Crippen LogP contribution < -0.4 is 5.32 Å². The van der Waals surface area contributed by atoms with E-state index in [1.807, 2.05) is 0 Å². The molecule has 0 spiro atoms. The molecule has 0 aliphatic carbocycles. The van der Waals surface area contributed by atoms with Gasteiger partial charge in [0.05, 0.1) is 25.4 Å². The summed E-state index contributed by atoms with van der Waals surface area (Å²) in [6, 6.07) is -0.538. The summed E-state index contributed by atoms with van der Waals surface area (Å²) in [5, 5.41) is 23.2. The Balaban J connectivity index is 3.31. The Hall–Kier alpha value is -1.14. The molecule has 0 heterocycles. The van der Waals surface area contributed by atoms with Crippen LogP contribution in [-0.2, 0) is 14.3 Å². The molecule has 0 bridgehead atoms. The summed E-state index contributed by atoms with van der Waals surface area (Å²) in [4.78, 5) is 24.5. The zero-order valence-electron chi connectivity index (χ0n) is 47.1. The lowest BCUT2D eigenvalue weighted by atomic mass is 10.0. The van der Waals surface area contributed by atoms with Crippen molar-refractivity contribution in [1.82, 2.24) is 5.32 Å². The van der Waals surface area contributed by atoms with E-state index in [0.717, 1.165) is 38.5 Å². The Morgan fingerprint density at radius 2 is 0.594 bits per heavy atom. The van der Waals surface area contributed by atoms with E-state index in [0.29, 0.717) is 25.9 Å². The molecule has 2 atom stereocenters. The lowest BCUT2D eigenvalue weighted by Crippen LogP contribution is -2.45. The molecule has 2 unspecified atom stereocenters. The number of aliphatic hydroxyl groups is 2. The van der Waals surface area contributed by atoms with Crippen molar-refractivity contribution in [2.75, 3.05) is 13.2 Å². The molecule has 0 rings (SSSR count). The maximum absolute atomic E-state index is 12.4. The first-order valence-electron chi connectivity index (χ1n) is 31.8. The van der Waals surface area contributed by atoms with Gasteiger partial charge in [-0.2, -0.15) is 0 Å². The molecule has 3 N–H and O–H groups in total. The zero-order valence-corrected chi connectivity index (χ0v) is 47.1. The fourth-order valence-electron chi connectivity index (χ4n) is 10.3. The first-order valence-corrected chi connectivity index (χ1v) is 31.8. The normalized spacial score (nSPS) is 12.5. The minimum absolute atomic E-state index is 0.0203. The number of hydrogen-bond acceptors (Lipinski definition) is 5. The first-order chi connectivity index (χ1) is 34.0. The van der Waals surface area contributed by atoms with Crippen molar-refractivity contribution in [3.05, 3.63) is 0 Å². The molecule has 0 aliphatic rings. The maximum Gasteiger partial charge on any atom is 0.305 e. The van der Waals surface area contributed by atoms with E-state index in [2.05, 4.69) is 19.2 Å². The number of aliphatic hydroxyl groups excluding tert-OH is 2. The smallest absolute Gasteiger partial charge is 0.305 e. The molecule has 0 aliphatic heterocycles. The van der Waals surface area contributed by atoms with Gasteiger partial charge in [0.25, 0.3) is 0 Å². The summed E-state index contributed by atoms with van der Waals surface area (Å²) >= 11 is 0. The number of rotatable bonds is 60. The minimum atomic E-state index is -0.660. The van der Waals surface area contributed by atoms with Crippen molar-refractivity contribution in [3.8, 4) is 0 Å². The van der Waals surface area contributed by atoms with Crippen LogP contribution in [0, 0.1) is 0 Å².